The smallest absolute Gasteiger partial charge is 0.307 e. The van der Waals surface area contributed by atoms with Crippen molar-refractivity contribution in [2.24, 2.45) is 11.8 Å². The Morgan fingerprint density at radius 3 is 2.81 bits per heavy atom. The zero-order valence-corrected chi connectivity index (χ0v) is 11.9. The lowest BCUT2D eigenvalue weighted by atomic mass is 10.2. The van der Waals surface area contributed by atoms with Crippen LogP contribution in [-0.2, 0) is 16.1 Å². The number of anilines is 1. The number of nitrogens with zero attached hydrogens (tertiary/aromatic N) is 1. The number of aromatic nitrogens is 1. The number of hydrogen-bond donors (Lipinski definition) is 2. The first-order valence-electron chi connectivity index (χ1n) is 7.22. The van der Waals surface area contributed by atoms with E-state index in [4.69, 9.17) is 5.11 Å². The van der Waals surface area contributed by atoms with Gasteiger partial charge in [-0.05, 0) is 37.1 Å². The number of carbonyl (C=O) groups excluding carboxylic acids is 1. The van der Waals surface area contributed by atoms with Crippen LogP contribution in [0, 0.1) is 11.8 Å². The van der Waals surface area contributed by atoms with Gasteiger partial charge in [0, 0.05) is 29.3 Å². The molecule has 1 aliphatic rings. The number of carbonyl (C=O) groups is 2. The van der Waals surface area contributed by atoms with E-state index in [0.717, 1.165) is 29.6 Å². The molecule has 0 aliphatic heterocycles. The van der Waals surface area contributed by atoms with Crippen LogP contribution in [0.15, 0.2) is 30.5 Å². The lowest BCUT2D eigenvalue weighted by Gasteiger charge is -2.06. The Morgan fingerprint density at radius 1 is 1.33 bits per heavy atom. The lowest BCUT2D eigenvalue weighted by Crippen LogP contribution is -2.16. The maximum absolute atomic E-state index is 12.0. The van der Waals surface area contributed by atoms with E-state index in [1.807, 2.05) is 30.5 Å². The molecule has 1 amide bonds. The second-order valence-corrected chi connectivity index (χ2v) is 5.56. The summed E-state index contributed by atoms with van der Waals surface area (Å²) < 4.78 is 2.18. The Morgan fingerprint density at radius 2 is 2.14 bits per heavy atom. The normalized spacial score (nSPS) is 20.4. The van der Waals surface area contributed by atoms with Crippen molar-refractivity contribution in [1.29, 1.82) is 0 Å². The molecule has 2 atom stereocenters. The van der Waals surface area contributed by atoms with Crippen LogP contribution in [0.3, 0.4) is 0 Å². The van der Waals surface area contributed by atoms with Crippen molar-refractivity contribution < 1.29 is 14.7 Å². The van der Waals surface area contributed by atoms with Crippen LogP contribution < -0.4 is 5.32 Å². The monoisotopic (exact) mass is 286 g/mol. The Hall–Kier alpha value is -2.30. The molecule has 0 saturated heterocycles. The molecule has 1 aromatic heterocycles. The molecule has 1 aromatic carbocycles. The van der Waals surface area contributed by atoms with Crippen molar-refractivity contribution in [3.05, 3.63) is 30.5 Å². The molecular formula is C16H18N2O3. The average molecular weight is 286 g/mol. The summed E-state index contributed by atoms with van der Waals surface area (Å²) in [4.78, 5) is 22.7. The van der Waals surface area contributed by atoms with Crippen molar-refractivity contribution in [1.82, 2.24) is 4.57 Å². The third-order valence-electron chi connectivity index (χ3n) is 3.95. The number of fused-ring (bicyclic) bond motifs is 1. The first-order chi connectivity index (χ1) is 10.1. The van der Waals surface area contributed by atoms with Gasteiger partial charge in [-0.25, -0.2) is 0 Å². The van der Waals surface area contributed by atoms with Gasteiger partial charge in [0.05, 0.1) is 11.8 Å². The van der Waals surface area contributed by atoms with Gasteiger partial charge in [-0.1, -0.05) is 6.92 Å². The predicted molar refractivity (Wildman–Crippen MR) is 80.1 cm³/mol. The molecule has 3 rings (SSSR count). The standard InChI is InChI=1S/C16H18N2O3/c1-2-6-18-7-5-10-8-11(3-4-14(10)18)17-15(19)12-9-13(12)16(20)21/h3-5,7-8,12-13H,2,6,9H2,1H3,(H,17,19)(H,20,21). The van der Waals surface area contributed by atoms with Crippen molar-refractivity contribution in [3.63, 3.8) is 0 Å². The van der Waals surface area contributed by atoms with Crippen molar-refractivity contribution >= 4 is 28.5 Å². The van der Waals surface area contributed by atoms with Gasteiger partial charge in [-0.15, -0.1) is 0 Å². The van der Waals surface area contributed by atoms with Crippen LogP contribution in [0.1, 0.15) is 19.8 Å². The molecule has 110 valence electrons. The highest BCUT2D eigenvalue weighted by molar-refractivity contribution is 5.99. The molecule has 21 heavy (non-hydrogen) atoms. The van der Waals surface area contributed by atoms with E-state index in [0.29, 0.717) is 6.42 Å². The van der Waals surface area contributed by atoms with Gasteiger partial charge in [0.2, 0.25) is 5.91 Å². The van der Waals surface area contributed by atoms with Gasteiger partial charge in [0.1, 0.15) is 0 Å². The van der Waals surface area contributed by atoms with E-state index in [9.17, 15) is 9.59 Å². The minimum atomic E-state index is -0.887. The summed E-state index contributed by atoms with van der Waals surface area (Å²) in [6.45, 7) is 3.10. The molecular weight excluding hydrogens is 268 g/mol. The number of nitrogens with one attached hydrogen (secondary N) is 1. The van der Waals surface area contributed by atoms with E-state index < -0.39 is 11.9 Å². The number of rotatable bonds is 5. The van der Waals surface area contributed by atoms with Gasteiger partial charge in [-0.2, -0.15) is 0 Å². The molecule has 2 N–H and O–H groups in total. The number of carboxylic acids is 1. The van der Waals surface area contributed by atoms with E-state index in [1.54, 1.807) is 0 Å². The molecule has 0 radical (unpaired) electrons. The van der Waals surface area contributed by atoms with Gasteiger partial charge in [0.25, 0.3) is 0 Å². The van der Waals surface area contributed by atoms with Gasteiger partial charge < -0.3 is 15.0 Å². The highest BCUT2D eigenvalue weighted by Crippen LogP contribution is 2.39. The minimum Gasteiger partial charge on any atom is -0.481 e. The maximum atomic E-state index is 12.0. The van der Waals surface area contributed by atoms with Crippen LogP contribution in [0.4, 0.5) is 5.69 Å². The second-order valence-electron chi connectivity index (χ2n) is 5.56. The molecule has 2 aromatic rings. The van der Waals surface area contributed by atoms with Gasteiger partial charge in [-0.3, -0.25) is 9.59 Å². The highest BCUT2D eigenvalue weighted by atomic mass is 16.4. The van der Waals surface area contributed by atoms with E-state index in [1.165, 1.54) is 0 Å². The fourth-order valence-electron chi connectivity index (χ4n) is 2.71. The number of aryl methyl sites for hydroxylation is 1. The van der Waals surface area contributed by atoms with Crippen molar-refractivity contribution in [2.75, 3.05) is 5.32 Å². The van der Waals surface area contributed by atoms with Gasteiger partial charge >= 0.3 is 5.97 Å². The summed E-state index contributed by atoms with van der Waals surface area (Å²) in [5.74, 6) is -1.99. The summed E-state index contributed by atoms with van der Waals surface area (Å²) >= 11 is 0. The third-order valence-corrected chi connectivity index (χ3v) is 3.95. The number of carboxylic acid groups (broad SMARTS) is 1. The average Bonchev–Trinajstić information content (AvgIpc) is 3.17. The lowest BCUT2D eigenvalue weighted by molar-refractivity contribution is -0.139. The zero-order chi connectivity index (χ0) is 15.0. The zero-order valence-electron chi connectivity index (χ0n) is 11.9. The molecule has 1 aliphatic carbocycles. The summed E-state index contributed by atoms with van der Waals surface area (Å²) in [7, 11) is 0. The van der Waals surface area contributed by atoms with Crippen LogP contribution in [0.2, 0.25) is 0 Å². The SMILES string of the molecule is CCCn1ccc2cc(NC(=O)C3CC3C(=O)O)ccc21. The van der Waals surface area contributed by atoms with Crippen LogP contribution >= 0.6 is 0 Å². The molecule has 5 heteroatoms. The molecule has 5 nitrogen and oxygen atoms in total. The molecule has 1 heterocycles. The van der Waals surface area contributed by atoms with E-state index in [-0.39, 0.29) is 11.8 Å². The van der Waals surface area contributed by atoms with Crippen LogP contribution in [0.5, 0.6) is 0 Å². The summed E-state index contributed by atoms with van der Waals surface area (Å²) in [5, 5.41) is 12.7. The van der Waals surface area contributed by atoms with Crippen molar-refractivity contribution in [2.45, 2.75) is 26.3 Å². The summed E-state index contributed by atoms with van der Waals surface area (Å²) in [6, 6.07) is 7.81. The largest absolute Gasteiger partial charge is 0.481 e. The first kappa shape index (κ1) is 13.7. The fraction of sp³-hybridized carbons (Fsp3) is 0.375. The Labute approximate surface area is 122 Å². The molecule has 2 unspecified atom stereocenters. The molecule has 0 spiro atoms. The van der Waals surface area contributed by atoms with Crippen LogP contribution in [-0.4, -0.2) is 21.6 Å². The quantitative estimate of drug-likeness (QED) is 0.887. The number of amides is 1. The molecule has 1 fully saturated rings. The van der Waals surface area contributed by atoms with Gasteiger partial charge in [0.15, 0.2) is 0 Å². The topological polar surface area (TPSA) is 71.3 Å². The van der Waals surface area contributed by atoms with E-state index >= 15 is 0 Å². The number of hydrogen-bond acceptors (Lipinski definition) is 2. The summed E-state index contributed by atoms with van der Waals surface area (Å²) in [5.41, 5.74) is 1.86. The van der Waals surface area contributed by atoms with Crippen molar-refractivity contribution in [3.8, 4) is 0 Å². The Kier molecular flexibility index (Phi) is 3.41. The minimum absolute atomic E-state index is 0.199. The van der Waals surface area contributed by atoms with Crippen LogP contribution in [0.25, 0.3) is 10.9 Å². The number of aliphatic carboxylic acids is 1. The first-order valence-corrected chi connectivity index (χ1v) is 7.22. The number of benzene rings is 1. The predicted octanol–water partition coefficient (Wildman–Crippen LogP) is 2.71. The molecule has 1 saturated carbocycles. The third kappa shape index (κ3) is 2.63. The fourth-order valence-corrected chi connectivity index (χ4v) is 2.71. The molecule has 0 bridgehead atoms. The summed E-state index contributed by atoms with van der Waals surface area (Å²) in [6.07, 6.45) is 3.55. The highest BCUT2D eigenvalue weighted by Gasteiger charge is 2.48. The van der Waals surface area contributed by atoms with E-state index in [2.05, 4.69) is 16.8 Å². The Balaban J connectivity index is 1.73. The second kappa shape index (κ2) is 5.24. The Bertz CT molecular complexity index is 705. The maximum Gasteiger partial charge on any atom is 0.307 e.